The zero-order valence-corrected chi connectivity index (χ0v) is 18.0. The molecular formula is C24H23ClN4O. The number of hydrogen-bond donors (Lipinski definition) is 1. The Hall–Kier alpha value is -3.18. The van der Waals surface area contributed by atoms with Crippen LogP contribution in [0.3, 0.4) is 0 Å². The van der Waals surface area contributed by atoms with Gasteiger partial charge in [-0.05, 0) is 62.1 Å². The van der Waals surface area contributed by atoms with Crippen molar-refractivity contribution in [2.24, 2.45) is 0 Å². The van der Waals surface area contributed by atoms with Crippen LogP contribution in [0.2, 0.25) is 5.02 Å². The number of nitrogens with zero attached hydrogens (tertiary/aromatic N) is 3. The number of halogens is 1. The number of anilines is 1. The molecule has 0 saturated heterocycles. The molecule has 0 aliphatic heterocycles. The Morgan fingerprint density at radius 3 is 2.57 bits per heavy atom. The lowest BCUT2D eigenvalue weighted by Crippen LogP contribution is -2.13. The van der Waals surface area contributed by atoms with Gasteiger partial charge in [0, 0.05) is 22.8 Å². The second kappa shape index (κ2) is 8.28. The largest absolute Gasteiger partial charge is 0.309 e. The van der Waals surface area contributed by atoms with E-state index in [1.165, 1.54) is 0 Å². The highest BCUT2D eigenvalue weighted by Crippen LogP contribution is 2.34. The molecule has 0 bridgehead atoms. The van der Waals surface area contributed by atoms with E-state index in [9.17, 15) is 4.79 Å². The molecule has 30 heavy (non-hydrogen) atoms. The molecule has 6 heteroatoms. The van der Waals surface area contributed by atoms with E-state index in [1.54, 1.807) is 4.52 Å². The maximum Gasteiger partial charge on any atom is 0.225 e. The number of aryl methyl sites for hydroxylation is 4. The van der Waals surface area contributed by atoms with Crippen LogP contribution in [0, 0.1) is 20.8 Å². The van der Waals surface area contributed by atoms with E-state index in [0.717, 1.165) is 33.6 Å². The SMILES string of the molecule is Cc1cc(C)n2nc(NC(=O)CCc3ccccc3)c(-c3ccc(Cl)c(C)c3)c2n1. The van der Waals surface area contributed by atoms with Gasteiger partial charge in [-0.25, -0.2) is 9.50 Å². The fourth-order valence-corrected chi connectivity index (χ4v) is 3.69. The predicted molar refractivity (Wildman–Crippen MR) is 121 cm³/mol. The van der Waals surface area contributed by atoms with E-state index in [1.807, 2.05) is 75.4 Å². The number of hydrogen-bond acceptors (Lipinski definition) is 3. The Bertz CT molecular complexity index is 1230. The fraction of sp³-hybridized carbons (Fsp3) is 0.208. The first-order valence-corrected chi connectivity index (χ1v) is 10.3. The minimum Gasteiger partial charge on any atom is -0.309 e. The van der Waals surface area contributed by atoms with Crippen LogP contribution in [-0.2, 0) is 11.2 Å². The summed E-state index contributed by atoms with van der Waals surface area (Å²) in [5.41, 5.74) is 6.37. The van der Waals surface area contributed by atoms with E-state index in [0.29, 0.717) is 29.3 Å². The molecule has 0 fully saturated rings. The molecule has 1 amide bonds. The summed E-state index contributed by atoms with van der Waals surface area (Å²) < 4.78 is 1.78. The Labute approximate surface area is 180 Å². The minimum atomic E-state index is -0.0800. The summed E-state index contributed by atoms with van der Waals surface area (Å²) in [7, 11) is 0. The number of aromatic nitrogens is 3. The third-order valence-electron chi connectivity index (χ3n) is 5.08. The maximum atomic E-state index is 12.7. The minimum absolute atomic E-state index is 0.0800. The van der Waals surface area contributed by atoms with Crippen molar-refractivity contribution in [3.63, 3.8) is 0 Å². The lowest BCUT2D eigenvalue weighted by molar-refractivity contribution is -0.116. The van der Waals surface area contributed by atoms with Crippen LogP contribution in [0.25, 0.3) is 16.8 Å². The van der Waals surface area contributed by atoms with Gasteiger partial charge in [0.05, 0.1) is 5.56 Å². The highest BCUT2D eigenvalue weighted by molar-refractivity contribution is 6.31. The Kier molecular flexibility index (Phi) is 5.55. The van der Waals surface area contributed by atoms with Gasteiger partial charge in [-0.1, -0.05) is 48.0 Å². The van der Waals surface area contributed by atoms with Crippen molar-refractivity contribution in [3.05, 3.63) is 82.1 Å². The van der Waals surface area contributed by atoms with Gasteiger partial charge >= 0.3 is 0 Å². The van der Waals surface area contributed by atoms with E-state index < -0.39 is 0 Å². The monoisotopic (exact) mass is 418 g/mol. The molecule has 2 aromatic carbocycles. The van der Waals surface area contributed by atoms with Gasteiger partial charge in [-0.15, -0.1) is 5.10 Å². The van der Waals surface area contributed by atoms with Crippen LogP contribution in [0.15, 0.2) is 54.6 Å². The van der Waals surface area contributed by atoms with Crippen molar-refractivity contribution >= 4 is 29.0 Å². The lowest BCUT2D eigenvalue weighted by atomic mass is 10.0. The molecule has 0 spiro atoms. The van der Waals surface area contributed by atoms with Gasteiger partial charge in [-0.2, -0.15) is 0 Å². The van der Waals surface area contributed by atoms with Gasteiger partial charge < -0.3 is 5.32 Å². The molecule has 2 heterocycles. The second-order valence-electron chi connectivity index (χ2n) is 7.50. The third kappa shape index (κ3) is 4.07. The van der Waals surface area contributed by atoms with Crippen molar-refractivity contribution in [1.29, 1.82) is 0 Å². The molecule has 4 aromatic rings. The molecule has 152 valence electrons. The van der Waals surface area contributed by atoms with E-state index >= 15 is 0 Å². The molecule has 5 nitrogen and oxygen atoms in total. The van der Waals surface area contributed by atoms with E-state index in [4.69, 9.17) is 16.6 Å². The number of carbonyl (C=O) groups is 1. The summed E-state index contributed by atoms with van der Waals surface area (Å²) in [6.07, 6.45) is 1.05. The first-order chi connectivity index (χ1) is 14.4. The molecule has 2 aromatic heterocycles. The third-order valence-corrected chi connectivity index (χ3v) is 5.51. The number of nitrogens with one attached hydrogen (secondary N) is 1. The molecule has 0 unspecified atom stereocenters. The highest BCUT2D eigenvalue weighted by atomic mass is 35.5. The first-order valence-electron chi connectivity index (χ1n) is 9.89. The van der Waals surface area contributed by atoms with Crippen molar-refractivity contribution < 1.29 is 4.79 Å². The number of benzene rings is 2. The number of carbonyl (C=O) groups excluding carboxylic acids is 1. The molecule has 0 radical (unpaired) electrons. The zero-order chi connectivity index (χ0) is 21.3. The Balaban J connectivity index is 1.72. The van der Waals surface area contributed by atoms with Gasteiger partial charge in [0.15, 0.2) is 11.5 Å². The normalized spacial score (nSPS) is 11.1. The zero-order valence-electron chi connectivity index (χ0n) is 17.2. The number of rotatable bonds is 5. The Morgan fingerprint density at radius 1 is 1.07 bits per heavy atom. The van der Waals surface area contributed by atoms with Crippen molar-refractivity contribution in [2.45, 2.75) is 33.6 Å². The molecule has 0 aliphatic rings. The van der Waals surface area contributed by atoms with Crippen LogP contribution in [0.5, 0.6) is 0 Å². The predicted octanol–water partition coefficient (Wildman–Crippen LogP) is 5.55. The summed E-state index contributed by atoms with van der Waals surface area (Å²) in [5, 5.41) is 8.37. The summed E-state index contributed by atoms with van der Waals surface area (Å²) in [5.74, 6) is 0.430. The fourth-order valence-electron chi connectivity index (χ4n) is 3.57. The van der Waals surface area contributed by atoms with E-state index in [-0.39, 0.29) is 5.91 Å². The lowest BCUT2D eigenvalue weighted by Gasteiger charge is -2.08. The first kappa shape index (κ1) is 20.1. The van der Waals surface area contributed by atoms with Crippen molar-refractivity contribution in [3.8, 4) is 11.1 Å². The smallest absolute Gasteiger partial charge is 0.225 e. The van der Waals surface area contributed by atoms with Crippen LogP contribution >= 0.6 is 11.6 Å². The van der Waals surface area contributed by atoms with E-state index in [2.05, 4.69) is 10.4 Å². The van der Waals surface area contributed by atoms with Crippen LogP contribution in [0.1, 0.15) is 28.9 Å². The molecule has 0 aliphatic carbocycles. The molecule has 1 N–H and O–H groups in total. The Morgan fingerprint density at radius 2 is 1.83 bits per heavy atom. The summed E-state index contributed by atoms with van der Waals surface area (Å²) in [6.45, 7) is 5.89. The standard InChI is InChI=1S/C24H23ClN4O/c1-15-13-19(10-11-20(15)25)22-23(28-29-17(3)14-16(2)26-24(22)29)27-21(30)12-9-18-7-5-4-6-8-18/h4-8,10-11,13-14H,9,12H2,1-3H3,(H,27,28,30). The average Bonchev–Trinajstić information content (AvgIpc) is 3.07. The summed E-state index contributed by atoms with van der Waals surface area (Å²) >= 11 is 6.23. The topological polar surface area (TPSA) is 59.3 Å². The van der Waals surface area contributed by atoms with Gasteiger partial charge in [0.25, 0.3) is 0 Å². The number of amides is 1. The highest BCUT2D eigenvalue weighted by Gasteiger charge is 2.20. The maximum absolute atomic E-state index is 12.7. The van der Waals surface area contributed by atoms with Crippen molar-refractivity contribution in [1.82, 2.24) is 14.6 Å². The van der Waals surface area contributed by atoms with Crippen LogP contribution in [-0.4, -0.2) is 20.5 Å². The van der Waals surface area contributed by atoms with Crippen LogP contribution < -0.4 is 5.32 Å². The summed E-state index contributed by atoms with van der Waals surface area (Å²) in [4.78, 5) is 17.4. The quantitative estimate of drug-likeness (QED) is 0.462. The van der Waals surface area contributed by atoms with Gasteiger partial charge in [0.1, 0.15) is 0 Å². The van der Waals surface area contributed by atoms with Gasteiger partial charge in [-0.3, -0.25) is 4.79 Å². The van der Waals surface area contributed by atoms with Gasteiger partial charge in [0.2, 0.25) is 5.91 Å². The molecular weight excluding hydrogens is 396 g/mol. The molecule has 0 saturated carbocycles. The van der Waals surface area contributed by atoms with Crippen LogP contribution in [0.4, 0.5) is 5.82 Å². The molecule has 4 rings (SSSR count). The molecule has 0 atom stereocenters. The summed E-state index contributed by atoms with van der Waals surface area (Å²) in [6, 6.07) is 17.7. The average molecular weight is 419 g/mol. The van der Waals surface area contributed by atoms with Crippen molar-refractivity contribution in [2.75, 3.05) is 5.32 Å². The second-order valence-corrected chi connectivity index (χ2v) is 7.90. The number of fused-ring (bicyclic) bond motifs is 1.